The minimum Gasteiger partial charge on any atom is -0.492 e. The molecular weight excluding hydrogens is 314 g/mol. The number of ether oxygens (including phenoxy) is 2. The van der Waals surface area contributed by atoms with Gasteiger partial charge in [0.25, 0.3) is 10.0 Å². The summed E-state index contributed by atoms with van der Waals surface area (Å²) < 4.78 is 38.4. The topological polar surface area (TPSA) is 55.8 Å². The van der Waals surface area contributed by atoms with Gasteiger partial charge in [-0.3, -0.25) is 0 Å². The summed E-state index contributed by atoms with van der Waals surface area (Å²) in [6.07, 6.45) is 1.70. The summed E-state index contributed by atoms with van der Waals surface area (Å²) in [5.41, 5.74) is 1.45. The zero-order valence-corrected chi connectivity index (χ0v) is 14.6. The van der Waals surface area contributed by atoms with Crippen LogP contribution in [0.1, 0.15) is 25.8 Å². The Kier molecular flexibility index (Phi) is 5.49. The molecule has 6 heteroatoms. The maximum atomic E-state index is 13.1. The van der Waals surface area contributed by atoms with E-state index in [1.807, 2.05) is 20.8 Å². The molecule has 0 aliphatic carbocycles. The van der Waals surface area contributed by atoms with Crippen LogP contribution in [0, 0.1) is 6.92 Å². The second kappa shape index (κ2) is 7.19. The highest BCUT2D eigenvalue weighted by molar-refractivity contribution is 7.89. The van der Waals surface area contributed by atoms with E-state index >= 15 is 0 Å². The summed E-state index contributed by atoms with van der Waals surface area (Å²) >= 11 is 0. The number of rotatable bonds is 7. The van der Waals surface area contributed by atoms with E-state index in [4.69, 9.17) is 9.47 Å². The molecule has 0 bridgehead atoms. The van der Waals surface area contributed by atoms with Gasteiger partial charge in [-0.1, -0.05) is 30.4 Å². The maximum absolute atomic E-state index is 13.1. The average Bonchev–Trinajstić information content (AvgIpc) is 2.93. The molecular formula is C17H23NO4S. The molecule has 0 fully saturated rings. The molecule has 1 aromatic rings. The second-order valence-corrected chi connectivity index (χ2v) is 7.02. The second-order valence-electron chi connectivity index (χ2n) is 5.21. The minimum atomic E-state index is -3.74. The predicted octanol–water partition coefficient (Wildman–Crippen LogP) is 3.19. The third-order valence-corrected chi connectivity index (χ3v) is 5.37. The Hall–Kier alpha value is -1.79. The molecule has 2 rings (SSSR count). The molecule has 1 aliphatic heterocycles. The lowest BCUT2D eigenvalue weighted by Crippen LogP contribution is -2.38. The predicted molar refractivity (Wildman–Crippen MR) is 89.1 cm³/mol. The van der Waals surface area contributed by atoms with Crippen molar-refractivity contribution >= 4 is 10.0 Å². The van der Waals surface area contributed by atoms with Crippen molar-refractivity contribution in [2.75, 3.05) is 13.2 Å². The molecule has 1 heterocycles. The molecule has 1 aliphatic rings. The van der Waals surface area contributed by atoms with Crippen LogP contribution in [0.2, 0.25) is 0 Å². The van der Waals surface area contributed by atoms with Crippen LogP contribution in [0.15, 0.2) is 53.3 Å². The molecule has 0 spiro atoms. The lowest BCUT2D eigenvalue weighted by atomic mass is 10.2. The van der Waals surface area contributed by atoms with E-state index in [1.54, 1.807) is 30.3 Å². The largest absolute Gasteiger partial charge is 0.492 e. The Morgan fingerprint density at radius 1 is 1.26 bits per heavy atom. The lowest BCUT2D eigenvalue weighted by molar-refractivity contribution is 0.0106. The fourth-order valence-electron chi connectivity index (χ4n) is 2.47. The first-order valence-corrected chi connectivity index (χ1v) is 9.10. The van der Waals surface area contributed by atoms with Crippen LogP contribution in [0.25, 0.3) is 0 Å². The van der Waals surface area contributed by atoms with Crippen LogP contribution < -0.4 is 0 Å². The fourth-order valence-corrected chi connectivity index (χ4v) is 4.07. The molecule has 1 aromatic carbocycles. The molecule has 1 atom stereocenters. The van der Waals surface area contributed by atoms with Crippen LogP contribution in [0.4, 0.5) is 0 Å². The molecule has 0 aromatic heterocycles. The molecule has 5 nitrogen and oxygen atoms in total. The van der Waals surface area contributed by atoms with E-state index in [2.05, 4.69) is 6.58 Å². The van der Waals surface area contributed by atoms with Crippen LogP contribution >= 0.6 is 0 Å². The van der Waals surface area contributed by atoms with E-state index in [-0.39, 0.29) is 4.90 Å². The number of benzene rings is 1. The standard InChI is InChI=1S/C17H23NO4S/c1-5-21-14(4)16-11-12-17(22-6-2)18(16)23(19,20)15-9-7-13(3)8-10-15/h7-11,17H,4-6,12H2,1-3H3. The Bertz CT molecular complexity index is 692. The molecule has 0 saturated carbocycles. The number of aryl methyl sites for hydroxylation is 1. The Morgan fingerprint density at radius 3 is 2.48 bits per heavy atom. The number of nitrogens with zero attached hydrogens (tertiary/aromatic N) is 1. The van der Waals surface area contributed by atoms with Gasteiger partial charge in [0.2, 0.25) is 0 Å². The first kappa shape index (κ1) is 17.6. The Morgan fingerprint density at radius 2 is 1.91 bits per heavy atom. The first-order valence-electron chi connectivity index (χ1n) is 7.66. The molecule has 0 radical (unpaired) electrons. The highest BCUT2D eigenvalue weighted by Crippen LogP contribution is 2.34. The fraction of sp³-hybridized carbons (Fsp3) is 0.412. The van der Waals surface area contributed by atoms with Gasteiger partial charge >= 0.3 is 0 Å². The van der Waals surface area contributed by atoms with Crippen LogP contribution in [-0.2, 0) is 19.5 Å². The van der Waals surface area contributed by atoms with E-state index in [1.165, 1.54) is 4.31 Å². The summed E-state index contributed by atoms with van der Waals surface area (Å²) in [6.45, 7) is 10.3. The Balaban J connectivity index is 2.42. The van der Waals surface area contributed by atoms with Crippen molar-refractivity contribution in [1.82, 2.24) is 4.31 Å². The third-order valence-electron chi connectivity index (χ3n) is 3.55. The lowest BCUT2D eigenvalue weighted by Gasteiger charge is -2.29. The van der Waals surface area contributed by atoms with Crippen LogP contribution in [-0.4, -0.2) is 32.2 Å². The zero-order chi connectivity index (χ0) is 17.0. The molecule has 126 valence electrons. The van der Waals surface area contributed by atoms with Gasteiger partial charge in [-0.2, -0.15) is 0 Å². The van der Waals surface area contributed by atoms with Crippen LogP contribution in [0.3, 0.4) is 0 Å². The molecule has 0 N–H and O–H groups in total. The van der Waals surface area contributed by atoms with E-state index in [9.17, 15) is 8.42 Å². The summed E-state index contributed by atoms with van der Waals surface area (Å²) in [6, 6.07) is 6.76. The van der Waals surface area contributed by atoms with Crippen LogP contribution in [0.5, 0.6) is 0 Å². The smallest absolute Gasteiger partial charge is 0.266 e. The van der Waals surface area contributed by atoms with Crippen molar-refractivity contribution in [2.45, 2.75) is 38.3 Å². The van der Waals surface area contributed by atoms with Crippen molar-refractivity contribution in [3.8, 4) is 0 Å². The van der Waals surface area contributed by atoms with Gasteiger partial charge in [-0.05, 0) is 32.9 Å². The maximum Gasteiger partial charge on any atom is 0.266 e. The summed E-state index contributed by atoms with van der Waals surface area (Å²) in [5, 5.41) is 0. The monoisotopic (exact) mass is 337 g/mol. The zero-order valence-electron chi connectivity index (χ0n) is 13.8. The van der Waals surface area contributed by atoms with Crippen molar-refractivity contribution in [3.63, 3.8) is 0 Å². The summed E-state index contributed by atoms with van der Waals surface area (Å²) in [4.78, 5) is 0.227. The van der Waals surface area contributed by atoms with E-state index in [0.717, 1.165) is 5.56 Å². The first-order chi connectivity index (χ1) is 10.9. The minimum absolute atomic E-state index is 0.227. The van der Waals surface area contributed by atoms with Crippen molar-refractivity contribution in [2.24, 2.45) is 0 Å². The Labute approximate surface area is 138 Å². The van der Waals surface area contributed by atoms with Gasteiger partial charge < -0.3 is 9.47 Å². The van der Waals surface area contributed by atoms with Gasteiger partial charge in [0.05, 0.1) is 17.2 Å². The molecule has 0 saturated heterocycles. The SMILES string of the molecule is C=C(OCC)C1=CCC(OCC)N1S(=O)(=O)c1ccc(C)cc1. The number of hydrogen-bond acceptors (Lipinski definition) is 4. The van der Waals surface area contributed by atoms with Crippen molar-refractivity contribution in [3.05, 3.63) is 53.9 Å². The molecule has 1 unspecified atom stereocenters. The van der Waals surface area contributed by atoms with E-state index in [0.29, 0.717) is 31.1 Å². The number of hydrogen-bond donors (Lipinski definition) is 0. The van der Waals surface area contributed by atoms with Gasteiger partial charge in [0.1, 0.15) is 12.0 Å². The summed E-state index contributed by atoms with van der Waals surface area (Å²) in [7, 11) is -3.74. The molecule has 23 heavy (non-hydrogen) atoms. The third kappa shape index (κ3) is 3.59. The van der Waals surface area contributed by atoms with Gasteiger partial charge in [0, 0.05) is 13.0 Å². The van der Waals surface area contributed by atoms with Gasteiger partial charge in [0.15, 0.2) is 0 Å². The molecule has 0 amide bonds. The van der Waals surface area contributed by atoms with Crippen molar-refractivity contribution < 1.29 is 17.9 Å². The number of sulfonamides is 1. The normalized spacial score (nSPS) is 18.0. The quantitative estimate of drug-likeness (QED) is 0.717. The highest BCUT2D eigenvalue weighted by Gasteiger charge is 2.38. The average molecular weight is 337 g/mol. The van der Waals surface area contributed by atoms with Gasteiger partial charge in [-0.15, -0.1) is 0 Å². The van der Waals surface area contributed by atoms with Gasteiger partial charge in [-0.25, -0.2) is 12.7 Å². The highest BCUT2D eigenvalue weighted by atomic mass is 32.2. The summed E-state index contributed by atoms with van der Waals surface area (Å²) in [5.74, 6) is 0.338. The van der Waals surface area contributed by atoms with Crippen molar-refractivity contribution in [1.29, 1.82) is 0 Å². The van der Waals surface area contributed by atoms with E-state index < -0.39 is 16.3 Å².